The maximum atomic E-state index is 12.9. The van der Waals surface area contributed by atoms with Crippen molar-refractivity contribution in [3.05, 3.63) is 46.5 Å². The zero-order chi connectivity index (χ0) is 18.3. The number of quaternary nitrogens is 1. The van der Waals surface area contributed by atoms with E-state index in [-0.39, 0.29) is 10.6 Å². The van der Waals surface area contributed by atoms with Crippen LogP contribution >= 0.6 is 0 Å². The van der Waals surface area contributed by atoms with Crippen LogP contribution in [0.4, 0.5) is 5.69 Å². The van der Waals surface area contributed by atoms with Crippen molar-refractivity contribution < 1.29 is 18.2 Å². The van der Waals surface area contributed by atoms with Gasteiger partial charge >= 0.3 is 0 Å². The van der Waals surface area contributed by atoms with E-state index in [4.69, 9.17) is 0 Å². The molecule has 1 aromatic carbocycles. The Hall–Kier alpha value is -1.77. The van der Waals surface area contributed by atoms with Crippen LogP contribution in [0.15, 0.2) is 41.3 Å². The molecule has 140 valence electrons. The lowest BCUT2D eigenvalue weighted by Gasteiger charge is -2.33. The molecule has 1 saturated carbocycles. The largest absolute Gasteiger partial charge is 0.332 e. The van der Waals surface area contributed by atoms with Crippen molar-refractivity contribution in [2.45, 2.75) is 17.7 Å². The van der Waals surface area contributed by atoms with E-state index in [0.29, 0.717) is 19.0 Å². The number of benzene rings is 1. The zero-order valence-corrected chi connectivity index (χ0v) is 15.4. The fraction of sp³-hybridized carbons (Fsp3) is 0.556. The highest BCUT2D eigenvalue weighted by atomic mass is 32.2. The summed E-state index contributed by atoms with van der Waals surface area (Å²) in [5.41, 5.74) is -0.351. The second kappa shape index (κ2) is 6.75. The molecule has 7 nitrogen and oxygen atoms in total. The number of para-hydroxylation sites is 1. The summed E-state index contributed by atoms with van der Waals surface area (Å²) in [5, 5.41) is 11.2. The molecule has 2 aliphatic carbocycles. The Bertz CT molecular complexity index is 831. The van der Waals surface area contributed by atoms with Crippen LogP contribution in [0.5, 0.6) is 0 Å². The highest BCUT2D eigenvalue weighted by molar-refractivity contribution is 7.89. The maximum Gasteiger partial charge on any atom is 0.289 e. The summed E-state index contributed by atoms with van der Waals surface area (Å²) in [6, 6.07) is 5.60. The molecule has 0 spiro atoms. The number of nitro benzene ring substituents is 1. The van der Waals surface area contributed by atoms with Gasteiger partial charge in [0, 0.05) is 12.0 Å². The van der Waals surface area contributed by atoms with Gasteiger partial charge < -0.3 is 4.90 Å². The van der Waals surface area contributed by atoms with Gasteiger partial charge in [-0.2, -0.15) is 4.31 Å². The normalized spacial score (nSPS) is 29.3. The molecule has 26 heavy (non-hydrogen) atoms. The molecule has 1 aromatic rings. The van der Waals surface area contributed by atoms with Crippen molar-refractivity contribution in [3.63, 3.8) is 0 Å². The lowest BCUT2D eigenvalue weighted by molar-refractivity contribution is -0.907. The Labute approximate surface area is 153 Å². The van der Waals surface area contributed by atoms with Gasteiger partial charge in [0.2, 0.25) is 10.0 Å². The summed E-state index contributed by atoms with van der Waals surface area (Å²) in [6.45, 7) is 3.46. The first kappa shape index (κ1) is 17.6. The quantitative estimate of drug-likeness (QED) is 0.464. The Morgan fingerprint density at radius 1 is 1.15 bits per heavy atom. The molecule has 1 heterocycles. The number of nitrogens with one attached hydrogen (secondary N) is 1. The molecular weight excluding hydrogens is 354 g/mol. The van der Waals surface area contributed by atoms with E-state index in [1.165, 1.54) is 46.3 Å². The van der Waals surface area contributed by atoms with Gasteiger partial charge in [0.1, 0.15) is 0 Å². The molecule has 4 rings (SSSR count). The van der Waals surface area contributed by atoms with Crippen molar-refractivity contribution in [3.8, 4) is 0 Å². The van der Waals surface area contributed by atoms with E-state index in [1.807, 2.05) is 0 Å². The van der Waals surface area contributed by atoms with Crippen molar-refractivity contribution in [1.82, 2.24) is 4.31 Å². The Balaban J connectivity index is 1.41. The number of sulfonamides is 1. The molecule has 8 heteroatoms. The standard InChI is InChI=1S/C18H23N3O4S/c22-21(23)17-3-1-2-4-18(17)26(24,25)20-9-7-19(8-10-20)13-16-12-14-5-6-15(16)11-14/h1-6,14-16H,7-13H2/p+1/t14-,15+,16-/m1/s1. The molecule has 0 amide bonds. The summed E-state index contributed by atoms with van der Waals surface area (Å²) in [5.74, 6) is 2.18. The molecule has 2 bridgehead atoms. The van der Waals surface area contributed by atoms with Crippen LogP contribution in [-0.4, -0.2) is 50.4 Å². The fourth-order valence-corrected chi connectivity index (χ4v) is 6.31. The minimum Gasteiger partial charge on any atom is -0.332 e. The number of rotatable bonds is 5. The number of nitro groups is 1. The lowest BCUT2D eigenvalue weighted by Crippen LogP contribution is -3.15. The van der Waals surface area contributed by atoms with Crippen LogP contribution in [-0.2, 0) is 10.0 Å². The van der Waals surface area contributed by atoms with Gasteiger partial charge in [0.15, 0.2) is 4.90 Å². The van der Waals surface area contributed by atoms with Crippen LogP contribution in [0.25, 0.3) is 0 Å². The summed E-state index contributed by atoms with van der Waals surface area (Å²) in [7, 11) is -3.83. The van der Waals surface area contributed by atoms with E-state index in [9.17, 15) is 18.5 Å². The summed E-state index contributed by atoms with van der Waals surface area (Å²) < 4.78 is 27.1. The van der Waals surface area contributed by atoms with E-state index in [2.05, 4.69) is 12.2 Å². The topological polar surface area (TPSA) is 85.0 Å². The van der Waals surface area contributed by atoms with Crippen LogP contribution in [0.2, 0.25) is 0 Å². The molecule has 1 saturated heterocycles. The van der Waals surface area contributed by atoms with Gasteiger partial charge in [-0.15, -0.1) is 0 Å². The molecule has 1 N–H and O–H groups in total. The summed E-state index contributed by atoms with van der Waals surface area (Å²) in [4.78, 5) is 11.8. The first-order chi connectivity index (χ1) is 12.4. The molecule has 0 aromatic heterocycles. The number of hydrogen-bond acceptors (Lipinski definition) is 4. The van der Waals surface area contributed by atoms with Crippen molar-refractivity contribution in [1.29, 1.82) is 0 Å². The highest BCUT2D eigenvalue weighted by Gasteiger charge is 2.40. The Morgan fingerprint density at radius 2 is 1.88 bits per heavy atom. The first-order valence-electron chi connectivity index (χ1n) is 9.20. The van der Waals surface area contributed by atoms with Crippen LogP contribution in [0.3, 0.4) is 0 Å². The average molecular weight is 378 g/mol. The molecule has 0 radical (unpaired) electrons. The zero-order valence-electron chi connectivity index (χ0n) is 14.6. The average Bonchev–Trinajstić information content (AvgIpc) is 3.25. The van der Waals surface area contributed by atoms with Crippen molar-refractivity contribution in [2.24, 2.45) is 17.8 Å². The van der Waals surface area contributed by atoms with Gasteiger partial charge in [-0.25, -0.2) is 8.42 Å². The number of fused-ring (bicyclic) bond motifs is 2. The number of allylic oxidation sites excluding steroid dienone is 2. The summed E-state index contributed by atoms with van der Waals surface area (Å²) >= 11 is 0. The second-order valence-electron chi connectivity index (χ2n) is 7.62. The molecule has 1 aliphatic heterocycles. The van der Waals surface area contributed by atoms with Crippen molar-refractivity contribution in [2.75, 3.05) is 32.7 Å². The third-order valence-corrected chi connectivity index (χ3v) is 8.02. The minimum atomic E-state index is -3.83. The van der Waals surface area contributed by atoms with E-state index in [0.717, 1.165) is 31.5 Å². The minimum absolute atomic E-state index is 0.202. The molecule has 0 unspecified atom stereocenters. The van der Waals surface area contributed by atoms with E-state index >= 15 is 0 Å². The van der Waals surface area contributed by atoms with Gasteiger partial charge in [-0.3, -0.25) is 10.1 Å². The third-order valence-electron chi connectivity index (χ3n) is 6.08. The Kier molecular flexibility index (Phi) is 4.58. The van der Waals surface area contributed by atoms with Crippen LogP contribution < -0.4 is 4.90 Å². The summed E-state index contributed by atoms with van der Waals surface area (Å²) in [6.07, 6.45) is 7.25. The third kappa shape index (κ3) is 3.17. The molecule has 3 aliphatic rings. The monoisotopic (exact) mass is 378 g/mol. The second-order valence-corrected chi connectivity index (χ2v) is 9.53. The van der Waals surface area contributed by atoms with E-state index < -0.39 is 14.9 Å². The maximum absolute atomic E-state index is 12.9. The molecule has 3 atom stereocenters. The lowest BCUT2D eigenvalue weighted by atomic mass is 9.93. The first-order valence-corrected chi connectivity index (χ1v) is 10.6. The van der Waals surface area contributed by atoms with Gasteiger partial charge in [-0.05, 0) is 30.7 Å². The van der Waals surface area contributed by atoms with E-state index in [1.54, 1.807) is 0 Å². The number of hydrogen-bond donors (Lipinski definition) is 1. The molecular formula is C18H24N3O4S+. The van der Waals surface area contributed by atoms with Crippen LogP contribution in [0, 0.1) is 27.9 Å². The van der Waals surface area contributed by atoms with Gasteiger partial charge in [-0.1, -0.05) is 24.3 Å². The fourth-order valence-electron chi connectivity index (χ4n) is 4.71. The number of piperazine rings is 1. The SMILES string of the molecule is O=[N+]([O-])c1ccccc1S(=O)(=O)N1CC[NH+](C[C@H]2C[C@@H]3C=C[C@H]2C3)CC1. The van der Waals surface area contributed by atoms with Crippen LogP contribution in [0.1, 0.15) is 12.8 Å². The molecule has 2 fully saturated rings. The Morgan fingerprint density at radius 3 is 2.50 bits per heavy atom. The van der Waals surface area contributed by atoms with Gasteiger partial charge in [0.05, 0.1) is 37.6 Å². The highest BCUT2D eigenvalue weighted by Crippen LogP contribution is 2.42. The predicted molar refractivity (Wildman–Crippen MR) is 96.3 cm³/mol. The number of nitrogens with zero attached hydrogens (tertiary/aromatic N) is 2. The smallest absolute Gasteiger partial charge is 0.289 e. The van der Waals surface area contributed by atoms with Gasteiger partial charge in [0.25, 0.3) is 5.69 Å². The van der Waals surface area contributed by atoms with Crippen molar-refractivity contribution >= 4 is 15.7 Å². The predicted octanol–water partition coefficient (Wildman–Crippen LogP) is 0.696.